The zero-order valence-corrected chi connectivity index (χ0v) is 16.5. The number of carbonyl (C=O) groups is 1. The number of fused-ring (bicyclic) bond motifs is 1. The molecule has 0 aromatic heterocycles. The average Bonchev–Trinajstić information content (AvgIpc) is 2.72. The Morgan fingerprint density at radius 1 is 1.15 bits per heavy atom. The monoisotopic (exact) mass is 367 g/mol. The summed E-state index contributed by atoms with van der Waals surface area (Å²) in [5.41, 5.74) is 2.00. The summed E-state index contributed by atoms with van der Waals surface area (Å²) < 4.78 is 11.5. The molecule has 0 radical (unpaired) electrons. The van der Waals surface area contributed by atoms with E-state index in [0.29, 0.717) is 12.8 Å². The molecule has 1 aliphatic heterocycles. The van der Waals surface area contributed by atoms with Crippen molar-refractivity contribution in [3.05, 3.63) is 59.7 Å². The number of benzene rings is 2. The van der Waals surface area contributed by atoms with Crippen molar-refractivity contribution in [1.82, 2.24) is 5.32 Å². The first-order chi connectivity index (χ1) is 13.1. The summed E-state index contributed by atoms with van der Waals surface area (Å²) in [6.07, 6.45) is 3.85. The maximum atomic E-state index is 12.6. The first-order valence-corrected chi connectivity index (χ1v) is 9.79. The van der Waals surface area contributed by atoms with Gasteiger partial charge in [0, 0.05) is 18.4 Å². The lowest BCUT2D eigenvalue weighted by Crippen LogP contribution is -2.44. The molecule has 0 unspecified atom stereocenters. The Bertz CT molecular complexity index is 765. The summed E-state index contributed by atoms with van der Waals surface area (Å²) in [6, 6.07) is 15.9. The van der Waals surface area contributed by atoms with Gasteiger partial charge in [-0.3, -0.25) is 4.79 Å². The Morgan fingerprint density at radius 3 is 2.52 bits per heavy atom. The topological polar surface area (TPSA) is 47.6 Å². The van der Waals surface area contributed by atoms with Gasteiger partial charge < -0.3 is 14.8 Å². The van der Waals surface area contributed by atoms with Gasteiger partial charge in [-0.15, -0.1) is 0 Å². The van der Waals surface area contributed by atoms with Crippen molar-refractivity contribution in [3.8, 4) is 11.5 Å². The van der Waals surface area contributed by atoms with Gasteiger partial charge in [-0.25, -0.2) is 0 Å². The molecule has 2 aromatic rings. The first kappa shape index (κ1) is 19.3. The Labute approximate surface area is 161 Å². The summed E-state index contributed by atoms with van der Waals surface area (Å²) >= 11 is 0. The lowest BCUT2D eigenvalue weighted by Gasteiger charge is -2.41. The molecule has 1 heterocycles. The molecule has 0 aliphatic carbocycles. The van der Waals surface area contributed by atoms with Crippen LogP contribution in [0.3, 0.4) is 0 Å². The Balaban J connectivity index is 1.66. The minimum atomic E-state index is -0.206. The number of rotatable bonds is 7. The predicted octanol–water partition coefficient (Wildman–Crippen LogP) is 4.83. The molecule has 0 saturated carbocycles. The van der Waals surface area contributed by atoms with E-state index < -0.39 is 0 Å². The third-order valence-electron chi connectivity index (χ3n) is 5.62. The molecule has 27 heavy (non-hydrogen) atoms. The van der Waals surface area contributed by atoms with Crippen LogP contribution in [0.4, 0.5) is 0 Å². The molecule has 0 fully saturated rings. The highest BCUT2D eigenvalue weighted by atomic mass is 16.5. The van der Waals surface area contributed by atoms with E-state index >= 15 is 0 Å². The van der Waals surface area contributed by atoms with Gasteiger partial charge in [0.2, 0.25) is 5.91 Å². The van der Waals surface area contributed by atoms with Crippen LogP contribution in [0.1, 0.15) is 56.7 Å². The van der Waals surface area contributed by atoms with Gasteiger partial charge in [0.05, 0.1) is 13.2 Å². The lowest BCUT2D eigenvalue weighted by atomic mass is 9.83. The smallest absolute Gasteiger partial charge is 0.220 e. The standard InChI is InChI=1S/C23H29NO3/c1-4-23(5-2)16-20(19-8-6-7-9-21(19)27-23)24-22(25)15-12-17-10-13-18(26-3)14-11-17/h6-11,13-14,20H,4-5,12,15-16H2,1-3H3,(H,24,25)/t20-/m0/s1. The number of hydrogen-bond acceptors (Lipinski definition) is 3. The Kier molecular flexibility index (Phi) is 6.04. The second-order valence-corrected chi connectivity index (χ2v) is 7.20. The number of hydrogen-bond donors (Lipinski definition) is 1. The molecule has 0 bridgehead atoms. The van der Waals surface area contributed by atoms with Crippen molar-refractivity contribution in [2.75, 3.05) is 7.11 Å². The van der Waals surface area contributed by atoms with Crippen LogP contribution in [0, 0.1) is 0 Å². The number of methoxy groups -OCH3 is 1. The van der Waals surface area contributed by atoms with Crippen LogP contribution in [-0.4, -0.2) is 18.6 Å². The quantitative estimate of drug-likeness (QED) is 0.763. The van der Waals surface area contributed by atoms with E-state index in [4.69, 9.17) is 9.47 Å². The van der Waals surface area contributed by atoms with Gasteiger partial charge in [-0.2, -0.15) is 0 Å². The van der Waals surface area contributed by atoms with E-state index in [1.807, 2.05) is 42.5 Å². The van der Waals surface area contributed by atoms with E-state index in [0.717, 1.165) is 41.9 Å². The molecule has 3 rings (SSSR count). The fourth-order valence-corrected chi connectivity index (χ4v) is 3.75. The van der Waals surface area contributed by atoms with Gasteiger partial charge in [-0.05, 0) is 43.0 Å². The van der Waals surface area contributed by atoms with Crippen molar-refractivity contribution < 1.29 is 14.3 Å². The number of para-hydroxylation sites is 1. The summed E-state index contributed by atoms with van der Waals surface area (Å²) in [6.45, 7) is 4.31. The molecule has 1 atom stereocenters. The second-order valence-electron chi connectivity index (χ2n) is 7.20. The van der Waals surface area contributed by atoms with Crippen LogP contribution in [0.15, 0.2) is 48.5 Å². The molecule has 0 saturated heterocycles. The van der Waals surface area contributed by atoms with Crippen LogP contribution in [-0.2, 0) is 11.2 Å². The van der Waals surface area contributed by atoms with Gasteiger partial charge >= 0.3 is 0 Å². The Morgan fingerprint density at radius 2 is 1.85 bits per heavy atom. The third-order valence-corrected chi connectivity index (χ3v) is 5.62. The largest absolute Gasteiger partial charge is 0.497 e. The molecule has 144 valence electrons. The van der Waals surface area contributed by atoms with Crippen LogP contribution in [0.2, 0.25) is 0 Å². The fraction of sp³-hybridized carbons (Fsp3) is 0.435. The van der Waals surface area contributed by atoms with E-state index in [-0.39, 0.29) is 17.6 Å². The number of nitrogens with one attached hydrogen (secondary N) is 1. The average molecular weight is 367 g/mol. The number of aryl methyl sites for hydroxylation is 1. The predicted molar refractivity (Wildman–Crippen MR) is 107 cm³/mol. The molecule has 4 heteroatoms. The number of ether oxygens (including phenoxy) is 2. The summed E-state index contributed by atoms with van der Waals surface area (Å²) in [5, 5.41) is 3.25. The van der Waals surface area contributed by atoms with Crippen molar-refractivity contribution in [1.29, 1.82) is 0 Å². The van der Waals surface area contributed by atoms with Gasteiger partial charge in [0.15, 0.2) is 0 Å². The van der Waals surface area contributed by atoms with Crippen LogP contribution in [0.5, 0.6) is 11.5 Å². The highest BCUT2D eigenvalue weighted by Crippen LogP contribution is 2.42. The normalized spacial score (nSPS) is 17.5. The second kappa shape index (κ2) is 8.47. The molecule has 1 aliphatic rings. The van der Waals surface area contributed by atoms with Crippen LogP contribution in [0.25, 0.3) is 0 Å². The lowest BCUT2D eigenvalue weighted by molar-refractivity contribution is -0.122. The fourth-order valence-electron chi connectivity index (χ4n) is 3.75. The third kappa shape index (κ3) is 4.44. The summed E-state index contributed by atoms with van der Waals surface area (Å²) in [7, 11) is 1.65. The SMILES string of the molecule is CCC1(CC)C[C@H](NC(=O)CCc2ccc(OC)cc2)c2ccccc2O1. The number of carbonyl (C=O) groups excluding carboxylic acids is 1. The van der Waals surface area contributed by atoms with Crippen LogP contribution >= 0.6 is 0 Å². The van der Waals surface area contributed by atoms with Gasteiger partial charge in [0.25, 0.3) is 0 Å². The molecule has 1 amide bonds. The van der Waals surface area contributed by atoms with Gasteiger partial charge in [-0.1, -0.05) is 44.2 Å². The van der Waals surface area contributed by atoms with E-state index in [9.17, 15) is 4.79 Å². The van der Waals surface area contributed by atoms with E-state index in [1.165, 1.54) is 0 Å². The molecular formula is C23H29NO3. The minimum absolute atomic E-state index is 0.00165. The van der Waals surface area contributed by atoms with E-state index in [2.05, 4.69) is 25.2 Å². The van der Waals surface area contributed by atoms with Crippen molar-refractivity contribution in [3.63, 3.8) is 0 Å². The van der Waals surface area contributed by atoms with Crippen molar-refractivity contribution in [2.45, 2.75) is 57.6 Å². The number of amides is 1. The van der Waals surface area contributed by atoms with E-state index in [1.54, 1.807) is 7.11 Å². The highest BCUT2D eigenvalue weighted by Gasteiger charge is 2.38. The first-order valence-electron chi connectivity index (χ1n) is 9.79. The molecule has 0 spiro atoms. The van der Waals surface area contributed by atoms with Crippen molar-refractivity contribution in [2.24, 2.45) is 0 Å². The maximum Gasteiger partial charge on any atom is 0.220 e. The Hall–Kier alpha value is -2.49. The van der Waals surface area contributed by atoms with Gasteiger partial charge in [0.1, 0.15) is 17.1 Å². The zero-order valence-electron chi connectivity index (χ0n) is 16.5. The maximum absolute atomic E-state index is 12.6. The zero-order chi connectivity index (χ0) is 19.3. The molecule has 2 aromatic carbocycles. The van der Waals surface area contributed by atoms with Crippen LogP contribution < -0.4 is 14.8 Å². The summed E-state index contributed by atoms with van der Waals surface area (Å²) in [5.74, 6) is 1.80. The molecular weight excluding hydrogens is 338 g/mol. The van der Waals surface area contributed by atoms with Crippen molar-refractivity contribution >= 4 is 5.91 Å². The molecule has 4 nitrogen and oxygen atoms in total. The molecule has 1 N–H and O–H groups in total. The highest BCUT2D eigenvalue weighted by molar-refractivity contribution is 5.77. The summed E-state index contributed by atoms with van der Waals surface area (Å²) in [4.78, 5) is 12.6. The minimum Gasteiger partial charge on any atom is -0.497 e.